The second-order valence-corrected chi connectivity index (χ2v) is 10.9. The summed E-state index contributed by atoms with van der Waals surface area (Å²) in [4.78, 5) is 25.2. The van der Waals surface area contributed by atoms with Crippen LogP contribution in [0.2, 0.25) is 0 Å². The second kappa shape index (κ2) is 5.15. The van der Waals surface area contributed by atoms with Crippen LogP contribution in [0.4, 0.5) is 0 Å². The van der Waals surface area contributed by atoms with E-state index in [9.17, 15) is 18.9 Å². The van der Waals surface area contributed by atoms with Crippen molar-refractivity contribution in [3.63, 3.8) is 0 Å². The van der Waals surface area contributed by atoms with E-state index in [0.29, 0.717) is 6.42 Å². The third-order valence-corrected chi connectivity index (χ3v) is 8.30. The maximum absolute atomic E-state index is 12.8. The number of hydrogen-bond acceptors (Lipinski definition) is 7. The molecule has 1 saturated carbocycles. The molecule has 5 rings (SSSR count). The van der Waals surface area contributed by atoms with Gasteiger partial charge >= 0.3 is 11.9 Å². The van der Waals surface area contributed by atoms with Gasteiger partial charge in [-0.25, -0.2) is 4.79 Å². The summed E-state index contributed by atoms with van der Waals surface area (Å²) in [5, 5.41) is 11.1. The van der Waals surface area contributed by atoms with E-state index in [1.165, 1.54) is 19.3 Å². The number of cyclic esters (lactones) is 1. The number of fused-ring (bicyclic) bond motifs is 2. The highest BCUT2D eigenvalue weighted by atomic mass is 32.2. The maximum Gasteiger partial charge on any atom is 0.331 e. The molecule has 0 bridgehead atoms. The fourth-order valence-corrected chi connectivity index (χ4v) is 7.33. The molecule has 0 radical (unpaired) electrons. The monoisotopic (exact) mass is 408 g/mol. The van der Waals surface area contributed by atoms with E-state index in [-0.39, 0.29) is 17.6 Å². The molecule has 0 aromatic carbocycles. The summed E-state index contributed by atoms with van der Waals surface area (Å²) < 4.78 is 29.4. The molecule has 28 heavy (non-hydrogen) atoms. The van der Waals surface area contributed by atoms with Gasteiger partial charge in [-0.1, -0.05) is 19.1 Å². The fourth-order valence-electron chi connectivity index (χ4n) is 6.35. The lowest BCUT2D eigenvalue weighted by molar-refractivity contribution is -0.167. The van der Waals surface area contributed by atoms with Crippen LogP contribution in [0.5, 0.6) is 0 Å². The van der Waals surface area contributed by atoms with Crippen molar-refractivity contribution in [2.45, 2.75) is 56.7 Å². The van der Waals surface area contributed by atoms with E-state index in [0.717, 1.165) is 5.57 Å². The Hall–Kier alpha value is -1.51. The summed E-state index contributed by atoms with van der Waals surface area (Å²) >= 11 is 0. The normalized spacial score (nSPS) is 51.0. The van der Waals surface area contributed by atoms with Crippen molar-refractivity contribution in [1.29, 1.82) is 0 Å². The minimum Gasteiger partial charge on any atom is -0.459 e. The van der Waals surface area contributed by atoms with Crippen LogP contribution in [-0.4, -0.2) is 62.8 Å². The summed E-state index contributed by atoms with van der Waals surface area (Å²) in [7, 11) is -1.31. The molecule has 3 heterocycles. The highest BCUT2D eigenvalue weighted by Crippen LogP contribution is 2.71. The van der Waals surface area contributed by atoms with Crippen LogP contribution in [0.3, 0.4) is 0 Å². The first-order valence-corrected chi connectivity index (χ1v) is 11.2. The van der Waals surface area contributed by atoms with Crippen molar-refractivity contribution in [3.8, 4) is 0 Å². The zero-order valence-electron chi connectivity index (χ0n) is 16.3. The summed E-state index contributed by atoms with van der Waals surface area (Å²) in [6.07, 6.45) is 5.51. The Morgan fingerprint density at radius 2 is 2.04 bits per heavy atom. The van der Waals surface area contributed by atoms with Crippen LogP contribution in [0.15, 0.2) is 23.8 Å². The molecule has 1 spiro atoms. The number of epoxide rings is 1. The maximum atomic E-state index is 12.8. The third-order valence-electron chi connectivity index (χ3n) is 7.31. The van der Waals surface area contributed by atoms with Crippen molar-refractivity contribution in [1.82, 2.24) is 0 Å². The lowest BCUT2D eigenvalue weighted by atomic mass is 9.49. The van der Waals surface area contributed by atoms with E-state index in [1.54, 1.807) is 0 Å². The van der Waals surface area contributed by atoms with Gasteiger partial charge in [-0.05, 0) is 25.8 Å². The van der Waals surface area contributed by atoms with Crippen molar-refractivity contribution in [2.75, 3.05) is 12.0 Å². The van der Waals surface area contributed by atoms with Crippen molar-refractivity contribution in [2.24, 2.45) is 16.7 Å². The number of ether oxygens (including phenoxy) is 3. The topological polar surface area (TPSA) is 102 Å². The van der Waals surface area contributed by atoms with Crippen LogP contribution in [-0.2, 0) is 34.6 Å². The molecule has 8 heteroatoms. The number of allylic oxidation sites excluding steroid dienone is 2. The molecule has 2 saturated heterocycles. The van der Waals surface area contributed by atoms with Crippen molar-refractivity contribution in [3.05, 3.63) is 23.8 Å². The molecule has 3 fully saturated rings. The highest BCUT2D eigenvalue weighted by molar-refractivity contribution is 7.84. The van der Waals surface area contributed by atoms with Gasteiger partial charge in [0.05, 0.1) is 11.2 Å². The Morgan fingerprint density at radius 1 is 1.32 bits per heavy atom. The quantitative estimate of drug-likeness (QED) is 0.415. The summed E-state index contributed by atoms with van der Waals surface area (Å²) in [6, 6.07) is 0. The average molecular weight is 408 g/mol. The lowest BCUT2D eigenvalue weighted by Gasteiger charge is -2.52. The van der Waals surface area contributed by atoms with Crippen molar-refractivity contribution < 1.29 is 33.1 Å². The molecular weight excluding hydrogens is 384 g/mol. The Morgan fingerprint density at radius 3 is 2.71 bits per heavy atom. The number of carbonyl (C=O) groups excluding carboxylic acids is 2. The molecule has 0 aromatic rings. The van der Waals surface area contributed by atoms with Crippen LogP contribution < -0.4 is 0 Å². The number of hydrogen-bond donors (Lipinski definition) is 1. The van der Waals surface area contributed by atoms with Gasteiger partial charge in [-0.3, -0.25) is 9.00 Å². The predicted molar refractivity (Wildman–Crippen MR) is 98.5 cm³/mol. The van der Waals surface area contributed by atoms with Crippen LogP contribution >= 0.6 is 0 Å². The Balaban J connectivity index is 1.68. The zero-order valence-corrected chi connectivity index (χ0v) is 17.1. The van der Waals surface area contributed by atoms with Gasteiger partial charge in [0.15, 0.2) is 11.7 Å². The first-order valence-electron chi connectivity index (χ1n) is 9.49. The largest absolute Gasteiger partial charge is 0.459 e. The van der Waals surface area contributed by atoms with Crippen LogP contribution in [0.1, 0.15) is 27.2 Å². The first kappa shape index (κ1) is 18.5. The van der Waals surface area contributed by atoms with Gasteiger partial charge in [0, 0.05) is 34.5 Å². The van der Waals surface area contributed by atoms with Crippen LogP contribution in [0.25, 0.3) is 0 Å². The molecule has 0 amide bonds. The smallest absolute Gasteiger partial charge is 0.331 e. The Kier molecular flexibility index (Phi) is 3.40. The molecular formula is C20H24O7S. The minimum atomic E-state index is -1.56. The van der Waals surface area contributed by atoms with Gasteiger partial charge in [0.2, 0.25) is 0 Å². The summed E-state index contributed by atoms with van der Waals surface area (Å²) in [5.74, 6) is -1.05. The zero-order chi connectivity index (χ0) is 20.3. The third kappa shape index (κ3) is 1.99. The first-order chi connectivity index (χ1) is 13.0. The predicted octanol–water partition coefficient (Wildman–Crippen LogP) is 0.633. The number of rotatable bonds is 3. The molecule has 2 aliphatic carbocycles. The van der Waals surface area contributed by atoms with E-state index in [4.69, 9.17) is 14.2 Å². The van der Waals surface area contributed by atoms with Gasteiger partial charge in [-0.15, -0.1) is 0 Å². The molecule has 7 nitrogen and oxygen atoms in total. The van der Waals surface area contributed by atoms with E-state index in [2.05, 4.69) is 0 Å². The second-order valence-electron chi connectivity index (χ2n) is 9.44. The minimum absolute atomic E-state index is 0.0613. The molecule has 5 aliphatic rings. The Bertz CT molecular complexity index is 891. The van der Waals surface area contributed by atoms with E-state index in [1.807, 2.05) is 26.0 Å². The number of esters is 2. The average Bonchev–Trinajstić information content (AvgIpc) is 3.22. The number of aliphatic hydroxyl groups is 1. The molecule has 3 aliphatic heterocycles. The summed E-state index contributed by atoms with van der Waals surface area (Å²) in [6.45, 7) is 5.42. The van der Waals surface area contributed by atoms with Gasteiger partial charge < -0.3 is 19.3 Å². The van der Waals surface area contributed by atoms with Gasteiger partial charge in [0.1, 0.15) is 17.8 Å². The molecule has 9 atom stereocenters. The molecule has 152 valence electrons. The van der Waals surface area contributed by atoms with Gasteiger partial charge in [-0.2, -0.15) is 0 Å². The standard InChI is InChI=1S/C20H24O7S/c1-17-6-5-7-18(2)13(17)12(26-16(18)22)14-20(27-14)10(17)8-11(21)25-15(20)19(3,23)9-28(4)24/h5-6,8,12-15,23H,7,9H2,1-4H3/t12-,13+,14+,15+,17+,18-,19+,20-,28-/m0/s1. The highest BCUT2D eigenvalue weighted by Gasteiger charge is 2.83. The fraction of sp³-hybridized carbons (Fsp3) is 0.700. The molecule has 0 unspecified atom stereocenters. The molecule has 1 N–H and O–H groups in total. The van der Waals surface area contributed by atoms with E-state index >= 15 is 0 Å². The van der Waals surface area contributed by atoms with Crippen LogP contribution in [0, 0.1) is 16.7 Å². The van der Waals surface area contributed by atoms with Gasteiger partial charge in [0.25, 0.3) is 0 Å². The van der Waals surface area contributed by atoms with Crippen molar-refractivity contribution >= 4 is 22.7 Å². The number of carbonyl (C=O) groups is 2. The lowest BCUT2D eigenvalue weighted by Crippen LogP contribution is -2.64. The SMILES string of the molecule is C[S@](=O)C[C@@](C)(O)[C@H]1OC(=O)C=C2[C@@]13O[C@@H]3[C@H]1OC(=O)[C@@]3(C)CC=C[C@@]2(C)[C@@H]13. The Labute approximate surface area is 165 Å². The molecule has 0 aromatic heterocycles. The van der Waals surface area contributed by atoms with E-state index < -0.39 is 57.1 Å². The summed E-state index contributed by atoms with van der Waals surface area (Å²) in [5.41, 5.74) is -3.24.